The van der Waals surface area contributed by atoms with Crippen LogP contribution in [0.3, 0.4) is 0 Å². The van der Waals surface area contributed by atoms with Crippen molar-refractivity contribution in [2.45, 2.75) is 13.1 Å². The van der Waals surface area contributed by atoms with E-state index in [1.807, 2.05) is 30.3 Å². The summed E-state index contributed by atoms with van der Waals surface area (Å²) in [5.41, 5.74) is 1.37. The fourth-order valence-corrected chi connectivity index (χ4v) is 1.86. The molecule has 0 bridgehead atoms. The number of rotatable bonds is 4. The molecule has 0 saturated heterocycles. The van der Waals surface area contributed by atoms with Gasteiger partial charge >= 0.3 is 0 Å². The third-order valence-electron chi connectivity index (χ3n) is 2.98. The summed E-state index contributed by atoms with van der Waals surface area (Å²) in [5, 5.41) is 6.07. The Kier molecular flexibility index (Phi) is 5.26. The van der Waals surface area contributed by atoms with Crippen molar-refractivity contribution in [3.8, 4) is 0 Å². The van der Waals surface area contributed by atoms with E-state index in [0.29, 0.717) is 12.5 Å². The molecule has 3 nitrogen and oxygen atoms in total. The van der Waals surface area contributed by atoms with E-state index >= 15 is 0 Å². The number of aliphatic imine (C=N–C) groups is 1. The lowest BCUT2D eigenvalue weighted by molar-refractivity contribution is 0.581. The zero-order chi connectivity index (χ0) is 15.1. The van der Waals surface area contributed by atoms with Gasteiger partial charge in [-0.2, -0.15) is 0 Å². The minimum atomic E-state index is -0.458. The standard InChI is InChI=1S/C16H17F2N3/c1-19-16(20-10-12-5-3-2-4-6-12)21-11-13-9-14(17)7-8-15(13)18/h2-9H,10-11H2,1H3,(H2,19,20,21). The van der Waals surface area contributed by atoms with E-state index in [1.54, 1.807) is 7.05 Å². The summed E-state index contributed by atoms with van der Waals surface area (Å²) < 4.78 is 26.6. The fourth-order valence-electron chi connectivity index (χ4n) is 1.86. The molecular formula is C16H17F2N3. The molecule has 0 radical (unpaired) electrons. The lowest BCUT2D eigenvalue weighted by Crippen LogP contribution is -2.36. The Labute approximate surface area is 122 Å². The molecule has 21 heavy (non-hydrogen) atoms. The zero-order valence-corrected chi connectivity index (χ0v) is 11.7. The van der Waals surface area contributed by atoms with Gasteiger partial charge < -0.3 is 10.6 Å². The molecule has 5 heteroatoms. The molecule has 110 valence electrons. The first-order valence-corrected chi connectivity index (χ1v) is 6.61. The van der Waals surface area contributed by atoms with E-state index in [4.69, 9.17) is 0 Å². The topological polar surface area (TPSA) is 36.4 Å². The van der Waals surface area contributed by atoms with Gasteiger partial charge in [0.2, 0.25) is 0 Å². The lowest BCUT2D eigenvalue weighted by atomic mass is 10.2. The second-order valence-electron chi connectivity index (χ2n) is 4.50. The molecule has 0 aliphatic heterocycles. The third-order valence-corrected chi connectivity index (χ3v) is 2.98. The molecule has 2 N–H and O–H groups in total. The van der Waals surface area contributed by atoms with Crippen LogP contribution >= 0.6 is 0 Å². The van der Waals surface area contributed by atoms with E-state index in [-0.39, 0.29) is 12.1 Å². The molecule has 2 aromatic carbocycles. The number of hydrogen-bond acceptors (Lipinski definition) is 1. The van der Waals surface area contributed by atoms with E-state index in [2.05, 4.69) is 15.6 Å². The van der Waals surface area contributed by atoms with Gasteiger partial charge in [0.15, 0.2) is 5.96 Å². The molecule has 2 aromatic rings. The van der Waals surface area contributed by atoms with Crippen molar-refractivity contribution >= 4 is 5.96 Å². The van der Waals surface area contributed by atoms with Gasteiger partial charge in [0.25, 0.3) is 0 Å². The lowest BCUT2D eigenvalue weighted by Gasteiger charge is -2.12. The van der Waals surface area contributed by atoms with Crippen molar-refractivity contribution < 1.29 is 8.78 Å². The van der Waals surface area contributed by atoms with Crippen molar-refractivity contribution in [3.05, 3.63) is 71.3 Å². The minimum absolute atomic E-state index is 0.165. The highest BCUT2D eigenvalue weighted by molar-refractivity contribution is 5.79. The maximum atomic E-state index is 13.5. The third kappa shape index (κ3) is 4.56. The number of halogens is 2. The molecule has 0 atom stereocenters. The Hall–Kier alpha value is -2.43. The van der Waals surface area contributed by atoms with Gasteiger partial charge in [-0.25, -0.2) is 8.78 Å². The summed E-state index contributed by atoms with van der Waals surface area (Å²) in [6.07, 6.45) is 0. The van der Waals surface area contributed by atoms with Crippen molar-refractivity contribution in [3.63, 3.8) is 0 Å². The van der Waals surface area contributed by atoms with Crippen LogP contribution in [0.2, 0.25) is 0 Å². The van der Waals surface area contributed by atoms with Crippen molar-refractivity contribution in [1.29, 1.82) is 0 Å². The molecule has 0 aliphatic carbocycles. The molecule has 0 unspecified atom stereocenters. The van der Waals surface area contributed by atoms with Gasteiger partial charge in [0.1, 0.15) is 11.6 Å². The van der Waals surface area contributed by atoms with Crippen LogP contribution in [0.25, 0.3) is 0 Å². The normalized spacial score (nSPS) is 11.3. The summed E-state index contributed by atoms with van der Waals surface area (Å²) in [6, 6.07) is 13.2. The number of hydrogen-bond donors (Lipinski definition) is 2. The van der Waals surface area contributed by atoms with Crippen LogP contribution in [0, 0.1) is 11.6 Å². The molecule has 0 aliphatic rings. The van der Waals surface area contributed by atoms with Crippen molar-refractivity contribution in [2.75, 3.05) is 7.05 Å². The molecule has 2 rings (SSSR count). The SMILES string of the molecule is CN=C(NCc1ccccc1)NCc1cc(F)ccc1F. The minimum Gasteiger partial charge on any atom is -0.352 e. The van der Waals surface area contributed by atoms with E-state index in [9.17, 15) is 8.78 Å². The van der Waals surface area contributed by atoms with Gasteiger partial charge in [0, 0.05) is 25.7 Å². The van der Waals surface area contributed by atoms with Crippen LogP contribution in [0.5, 0.6) is 0 Å². The molecule has 0 saturated carbocycles. The van der Waals surface area contributed by atoms with Crippen LogP contribution in [0.4, 0.5) is 8.78 Å². The first kappa shape index (κ1) is 15.0. The number of nitrogens with zero attached hydrogens (tertiary/aromatic N) is 1. The van der Waals surface area contributed by atoms with Gasteiger partial charge in [0.05, 0.1) is 0 Å². The average Bonchev–Trinajstić information content (AvgIpc) is 2.51. The monoisotopic (exact) mass is 289 g/mol. The predicted octanol–water partition coefficient (Wildman–Crippen LogP) is 2.83. The maximum Gasteiger partial charge on any atom is 0.191 e. The van der Waals surface area contributed by atoms with Crippen LogP contribution in [-0.2, 0) is 13.1 Å². The van der Waals surface area contributed by atoms with Gasteiger partial charge in [-0.1, -0.05) is 30.3 Å². The van der Waals surface area contributed by atoms with Crippen LogP contribution < -0.4 is 10.6 Å². The van der Waals surface area contributed by atoms with E-state index < -0.39 is 11.6 Å². The highest BCUT2D eigenvalue weighted by atomic mass is 19.1. The Bertz CT molecular complexity index is 612. The smallest absolute Gasteiger partial charge is 0.191 e. The quantitative estimate of drug-likeness (QED) is 0.671. The van der Waals surface area contributed by atoms with Gasteiger partial charge in [-0.15, -0.1) is 0 Å². The van der Waals surface area contributed by atoms with Gasteiger partial charge in [-0.05, 0) is 23.8 Å². The highest BCUT2D eigenvalue weighted by Gasteiger charge is 2.05. The Balaban J connectivity index is 1.90. The van der Waals surface area contributed by atoms with Crippen LogP contribution in [0.1, 0.15) is 11.1 Å². The Morgan fingerprint density at radius 2 is 1.71 bits per heavy atom. The summed E-state index contributed by atoms with van der Waals surface area (Å²) in [7, 11) is 1.63. The summed E-state index contributed by atoms with van der Waals surface area (Å²) in [5.74, 6) is -0.370. The predicted molar refractivity (Wildman–Crippen MR) is 79.8 cm³/mol. The second kappa shape index (κ2) is 7.38. The van der Waals surface area contributed by atoms with E-state index in [1.165, 1.54) is 6.07 Å². The Morgan fingerprint density at radius 3 is 2.43 bits per heavy atom. The van der Waals surface area contributed by atoms with E-state index in [0.717, 1.165) is 17.7 Å². The molecule has 0 amide bonds. The fraction of sp³-hybridized carbons (Fsp3) is 0.188. The molecular weight excluding hydrogens is 272 g/mol. The van der Waals surface area contributed by atoms with Crippen LogP contribution in [0.15, 0.2) is 53.5 Å². The summed E-state index contributed by atoms with van der Waals surface area (Å²) in [6.45, 7) is 0.768. The Morgan fingerprint density at radius 1 is 1.00 bits per heavy atom. The summed E-state index contributed by atoms with van der Waals surface area (Å²) in [4.78, 5) is 4.05. The maximum absolute atomic E-state index is 13.5. The van der Waals surface area contributed by atoms with Gasteiger partial charge in [-0.3, -0.25) is 4.99 Å². The second-order valence-corrected chi connectivity index (χ2v) is 4.50. The van der Waals surface area contributed by atoms with Crippen molar-refractivity contribution in [1.82, 2.24) is 10.6 Å². The largest absolute Gasteiger partial charge is 0.352 e. The number of benzene rings is 2. The number of guanidine groups is 1. The van der Waals surface area contributed by atoms with Crippen molar-refractivity contribution in [2.24, 2.45) is 4.99 Å². The molecule has 0 heterocycles. The molecule has 0 fully saturated rings. The summed E-state index contributed by atoms with van der Waals surface area (Å²) >= 11 is 0. The first-order valence-electron chi connectivity index (χ1n) is 6.61. The average molecular weight is 289 g/mol. The molecule has 0 spiro atoms. The highest BCUT2D eigenvalue weighted by Crippen LogP contribution is 2.09. The zero-order valence-electron chi connectivity index (χ0n) is 11.7. The van der Waals surface area contributed by atoms with Crippen LogP contribution in [-0.4, -0.2) is 13.0 Å². The first-order chi connectivity index (χ1) is 10.2. The molecule has 0 aromatic heterocycles. The number of nitrogens with one attached hydrogen (secondary N) is 2.